The molecule has 1 aromatic carbocycles. The fourth-order valence-electron chi connectivity index (χ4n) is 3.10. The van der Waals surface area contributed by atoms with Crippen LogP contribution in [0.25, 0.3) is 22.3 Å². The minimum atomic E-state index is -0.281. The lowest BCUT2D eigenvalue weighted by molar-refractivity contribution is -0.116. The Morgan fingerprint density at radius 2 is 2.11 bits per heavy atom. The molecule has 5 nitrogen and oxygen atoms in total. The summed E-state index contributed by atoms with van der Waals surface area (Å²) in [4.78, 5) is 23.9. The van der Waals surface area contributed by atoms with E-state index in [0.717, 1.165) is 27.9 Å². The number of nitrogens with zero attached hydrogens (tertiary/aromatic N) is 2. The van der Waals surface area contributed by atoms with Crippen molar-refractivity contribution in [3.05, 3.63) is 65.6 Å². The number of pyridine rings is 1. The molecule has 0 radical (unpaired) electrons. The molecular formula is C20H17FN4OS. The Bertz CT molecular complexity index is 1060. The second-order valence-corrected chi connectivity index (χ2v) is 7.02. The quantitative estimate of drug-likeness (QED) is 0.505. The van der Waals surface area contributed by atoms with E-state index >= 15 is 0 Å². The molecule has 0 saturated carbocycles. The minimum absolute atomic E-state index is 0.0737. The standard InChI is InChI=1S/C20H17FN4OS/c21-13-7-8-16-15(12-13)14(19(24-16)17-5-1-2-9-22-17)4-3-6-18(26)25-20-23-10-11-27-20/h1-2,5,7-12,24H,3-4,6H2,(H,23,25,26). The summed E-state index contributed by atoms with van der Waals surface area (Å²) in [5.74, 6) is -0.354. The second kappa shape index (κ2) is 7.67. The Hall–Kier alpha value is -3.06. The van der Waals surface area contributed by atoms with Gasteiger partial charge < -0.3 is 10.3 Å². The summed E-state index contributed by atoms with van der Waals surface area (Å²) in [5, 5.41) is 6.03. The average Bonchev–Trinajstić information content (AvgIpc) is 3.30. The molecule has 7 heteroatoms. The highest BCUT2D eigenvalue weighted by Crippen LogP contribution is 2.31. The summed E-state index contributed by atoms with van der Waals surface area (Å²) >= 11 is 1.39. The number of aromatic amines is 1. The number of amides is 1. The van der Waals surface area contributed by atoms with Crippen molar-refractivity contribution in [2.75, 3.05) is 5.32 Å². The zero-order valence-corrected chi connectivity index (χ0v) is 15.2. The molecule has 3 heterocycles. The fraction of sp³-hybridized carbons (Fsp3) is 0.150. The SMILES string of the molecule is O=C(CCCc1c(-c2ccccn2)[nH]c2ccc(F)cc12)Nc1nccs1. The van der Waals surface area contributed by atoms with Gasteiger partial charge in [0.05, 0.1) is 11.4 Å². The number of carbonyl (C=O) groups is 1. The Balaban J connectivity index is 1.56. The maximum atomic E-state index is 13.8. The molecule has 0 aliphatic carbocycles. The van der Waals surface area contributed by atoms with Crippen LogP contribution in [0.5, 0.6) is 0 Å². The number of H-pyrrole nitrogens is 1. The number of rotatable bonds is 6. The van der Waals surface area contributed by atoms with Crippen molar-refractivity contribution in [3.63, 3.8) is 0 Å². The molecule has 136 valence electrons. The van der Waals surface area contributed by atoms with E-state index in [2.05, 4.69) is 20.3 Å². The van der Waals surface area contributed by atoms with Crippen molar-refractivity contribution in [1.82, 2.24) is 15.0 Å². The third-order valence-corrected chi connectivity index (χ3v) is 4.99. The number of hydrogen-bond acceptors (Lipinski definition) is 4. The van der Waals surface area contributed by atoms with Gasteiger partial charge in [-0.05, 0) is 48.7 Å². The number of thiazole rings is 1. The molecule has 3 aromatic heterocycles. The smallest absolute Gasteiger partial charge is 0.226 e. The van der Waals surface area contributed by atoms with Crippen LogP contribution in [0.2, 0.25) is 0 Å². The number of fused-ring (bicyclic) bond motifs is 1. The van der Waals surface area contributed by atoms with Crippen molar-refractivity contribution in [2.24, 2.45) is 0 Å². The Morgan fingerprint density at radius 1 is 1.19 bits per heavy atom. The highest BCUT2D eigenvalue weighted by molar-refractivity contribution is 7.13. The average molecular weight is 380 g/mol. The first-order chi connectivity index (χ1) is 13.2. The van der Waals surface area contributed by atoms with Crippen LogP contribution in [0.3, 0.4) is 0 Å². The predicted octanol–water partition coefficient (Wildman–Crippen LogP) is 4.79. The first-order valence-electron chi connectivity index (χ1n) is 8.61. The van der Waals surface area contributed by atoms with Crippen molar-refractivity contribution < 1.29 is 9.18 Å². The van der Waals surface area contributed by atoms with Crippen molar-refractivity contribution >= 4 is 33.3 Å². The molecule has 4 aromatic rings. The number of carbonyl (C=O) groups excluding carboxylic acids is 1. The summed E-state index contributed by atoms with van der Waals surface area (Å²) in [6, 6.07) is 10.4. The van der Waals surface area contributed by atoms with Crippen LogP contribution in [0.1, 0.15) is 18.4 Å². The summed E-state index contributed by atoms with van der Waals surface area (Å²) in [6.45, 7) is 0. The van der Waals surface area contributed by atoms with Gasteiger partial charge in [0.2, 0.25) is 5.91 Å². The maximum absolute atomic E-state index is 13.8. The van der Waals surface area contributed by atoms with E-state index < -0.39 is 0 Å². The van der Waals surface area contributed by atoms with Crippen molar-refractivity contribution in [3.8, 4) is 11.4 Å². The lowest BCUT2D eigenvalue weighted by Gasteiger charge is -2.05. The zero-order valence-electron chi connectivity index (χ0n) is 14.4. The molecule has 4 rings (SSSR count). The molecule has 0 spiro atoms. The first-order valence-corrected chi connectivity index (χ1v) is 9.49. The maximum Gasteiger partial charge on any atom is 0.226 e. The summed E-state index contributed by atoms with van der Waals surface area (Å²) in [6.07, 6.45) is 5.02. The largest absolute Gasteiger partial charge is 0.353 e. The molecule has 0 aliphatic heterocycles. The van der Waals surface area contributed by atoms with Gasteiger partial charge in [-0.3, -0.25) is 9.78 Å². The molecule has 0 fully saturated rings. The van der Waals surface area contributed by atoms with Gasteiger partial charge >= 0.3 is 0 Å². The van der Waals surface area contributed by atoms with Crippen molar-refractivity contribution in [2.45, 2.75) is 19.3 Å². The first kappa shape index (κ1) is 17.4. The highest BCUT2D eigenvalue weighted by Gasteiger charge is 2.15. The molecular weight excluding hydrogens is 363 g/mol. The minimum Gasteiger partial charge on any atom is -0.353 e. The van der Waals surface area contributed by atoms with Crippen LogP contribution in [-0.4, -0.2) is 20.9 Å². The van der Waals surface area contributed by atoms with Gasteiger partial charge in [0.25, 0.3) is 0 Å². The van der Waals surface area contributed by atoms with E-state index in [4.69, 9.17) is 0 Å². The fourth-order valence-corrected chi connectivity index (χ4v) is 3.65. The molecule has 27 heavy (non-hydrogen) atoms. The van der Waals surface area contributed by atoms with E-state index in [1.807, 2.05) is 23.6 Å². The van der Waals surface area contributed by atoms with E-state index in [9.17, 15) is 9.18 Å². The number of benzene rings is 1. The number of aromatic nitrogens is 3. The molecule has 0 unspecified atom stereocenters. The topological polar surface area (TPSA) is 70.7 Å². The van der Waals surface area contributed by atoms with Crippen LogP contribution in [-0.2, 0) is 11.2 Å². The summed E-state index contributed by atoms with van der Waals surface area (Å²) in [7, 11) is 0. The summed E-state index contributed by atoms with van der Waals surface area (Å²) in [5.41, 5.74) is 3.51. The number of anilines is 1. The van der Waals surface area contributed by atoms with Gasteiger partial charge in [-0.15, -0.1) is 11.3 Å². The third-order valence-electron chi connectivity index (χ3n) is 4.30. The van der Waals surface area contributed by atoms with Gasteiger partial charge in [0, 0.05) is 35.1 Å². The Morgan fingerprint density at radius 3 is 2.89 bits per heavy atom. The Labute approximate surface area is 159 Å². The van der Waals surface area contributed by atoms with Gasteiger partial charge in [-0.25, -0.2) is 9.37 Å². The molecule has 0 saturated heterocycles. The van der Waals surface area contributed by atoms with E-state index in [0.29, 0.717) is 24.4 Å². The van der Waals surface area contributed by atoms with E-state index in [1.165, 1.54) is 23.5 Å². The van der Waals surface area contributed by atoms with Crippen LogP contribution in [0.4, 0.5) is 9.52 Å². The lowest BCUT2D eigenvalue weighted by atomic mass is 10.0. The molecule has 0 aliphatic rings. The van der Waals surface area contributed by atoms with Crippen LogP contribution < -0.4 is 5.32 Å². The predicted molar refractivity (Wildman–Crippen MR) is 105 cm³/mol. The molecule has 0 bridgehead atoms. The monoisotopic (exact) mass is 380 g/mol. The number of halogens is 1. The number of nitrogens with one attached hydrogen (secondary N) is 2. The summed E-state index contributed by atoms with van der Waals surface area (Å²) < 4.78 is 13.8. The Kier molecular flexibility index (Phi) is 4.93. The van der Waals surface area contributed by atoms with Gasteiger partial charge in [-0.2, -0.15) is 0 Å². The molecule has 1 amide bonds. The third kappa shape index (κ3) is 3.88. The van der Waals surface area contributed by atoms with Gasteiger partial charge in [-0.1, -0.05) is 6.07 Å². The molecule has 0 atom stereocenters. The van der Waals surface area contributed by atoms with Gasteiger partial charge in [0.1, 0.15) is 5.82 Å². The van der Waals surface area contributed by atoms with Crippen LogP contribution >= 0.6 is 11.3 Å². The van der Waals surface area contributed by atoms with E-state index in [-0.39, 0.29) is 11.7 Å². The second-order valence-electron chi connectivity index (χ2n) is 6.12. The van der Waals surface area contributed by atoms with Crippen molar-refractivity contribution in [1.29, 1.82) is 0 Å². The van der Waals surface area contributed by atoms with E-state index in [1.54, 1.807) is 18.5 Å². The zero-order chi connectivity index (χ0) is 18.6. The lowest BCUT2D eigenvalue weighted by Crippen LogP contribution is -2.11. The number of aryl methyl sites for hydroxylation is 1. The normalized spacial score (nSPS) is 11.0. The highest BCUT2D eigenvalue weighted by atomic mass is 32.1. The number of hydrogen-bond donors (Lipinski definition) is 2. The van der Waals surface area contributed by atoms with Gasteiger partial charge in [0.15, 0.2) is 5.13 Å². The van der Waals surface area contributed by atoms with Crippen LogP contribution in [0, 0.1) is 5.82 Å². The van der Waals surface area contributed by atoms with Crippen LogP contribution in [0.15, 0.2) is 54.2 Å². The molecule has 2 N–H and O–H groups in total.